The Balaban J connectivity index is 1.38. The van der Waals surface area contributed by atoms with Gasteiger partial charge in [-0.3, -0.25) is 9.55 Å². The minimum absolute atomic E-state index is 0.515. The van der Waals surface area contributed by atoms with Crippen LogP contribution in [0.15, 0.2) is 70.5 Å². The minimum atomic E-state index is 0.515. The molecule has 9 heteroatoms. The molecule has 0 spiro atoms. The molecular weight excluding hydrogens is 452 g/mol. The SMILES string of the molecule is CCc1sc(-c2nnc(CSc3nnc(-c4ccncc4)n3Cc3ccccc3)o2)cc1C. The molecule has 0 saturated heterocycles. The Morgan fingerprint density at radius 1 is 1.00 bits per heavy atom. The van der Waals surface area contributed by atoms with Crippen LogP contribution in [0.2, 0.25) is 0 Å². The number of nitrogens with zero attached hydrogens (tertiary/aromatic N) is 6. The van der Waals surface area contributed by atoms with Crippen molar-refractivity contribution in [2.24, 2.45) is 0 Å². The van der Waals surface area contributed by atoms with Crippen molar-refractivity contribution in [2.75, 3.05) is 0 Å². The maximum Gasteiger partial charge on any atom is 0.257 e. The number of benzene rings is 1. The number of pyridine rings is 1. The number of aromatic nitrogens is 6. The van der Waals surface area contributed by atoms with Crippen molar-refractivity contribution < 1.29 is 4.42 Å². The first-order valence-electron chi connectivity index (χ1n) is 10.6. The van der Waals surface area contributed by atoms with E-state index in [9.17, 15) is 0 Å². The Hall–Kier alpha value is -3.30. The van der Waals surface area contributed by atoms with Crippen LogP contribution in [0.3, 0.4) is 0 Å². The molecule has 7 nitrogen and oxygen atoms in total. The van der Waals surface area contributed by atoms with Gasteiger partial charge in [-0.25, -0.2) is 0 Å². The molecule has 0 fully saturated rings. The molecule has 4 aromatic heterocycles. The number of rotatable bonds is 8. The summed E-state index contributed by atoms with van der Waals surface area (Å²) in [4.78, 5) is 6.48. The summed E-state index contributed by atoms with van der Waals surface area (Å²) in [7, 11) is 0. The van der Waals surface area contributed by atoms with Gasteiger partial charge in [0.1, 0.15) is 0 Å². The van der Waals surface area contributed by atoms with Crippen LogP contribution in [0.1, 0.15) is 28.8 Å². The maximum atomic E-state index is 5.96. The Labute approximate surface area is 199 Å². The zero-order valence-electron chi connectivity index (χ0n) is 18.3. The van der Waals surface area contributed by atoms with E-state index in [4.69, 9.17) is 4.42 Å². The van der Waals surface area contributed by atoms with Crippen molar-refractivity contribution in [3.63, 3.8) is 0 Å². The van der Waals surface area contributed by atoms with Crippen LogP contribution >= 0.6 is 23.1 Å². The van der Waals surface area contributed by atoms with Gasteiger partial charge >= 0.3 is 0 Å². The van der Waals surface area contributed by atoms with Gasteiger partial charge in [0, 0.05) is 22.8 Å². The van der Waals surface area contributed by atoms with Gasteiger partial charge in [0.15, 0.2) is 11.0 Å². The van der Waals surface area contributed by atoms with E-state index in [1.165, 1.54) is 27.8 Å². The number of hydrogen-bond acceptors (Lipinski definition) is 8. The van der Waals surface area contributed by atoms with Crippen molar-refractivity contribution in [1.29, 1.82) is 0 Å². The van der Waals surface area contributed by atoms with Crippen LogP contribution in [0.25, 0.3) is 22.2 Å². The predicted molar refractivity (Wildman–Crippen MR) is 130 cm³/mol. The van der Waals surface area contributed by atoms with Crippen LogP contribution < -0.4 is 0 Å². The number of aryl methyl sites for hydroxylation is 2. The highest BCUT2D eigenvalue weighted by molar-refractivity contribution is 7.98. The smallest absolute Gasteiger partial charge is 0.257 e. The number of hydrogen-bond donors (Lipinski definition) is 0. The normalized spacial score (nSPS) is 11.2. The molecule has 0 atom stereocenters. The van der Waals surface area contributed by atoms with Crippen LogP contribution in [-0.2, 0) is 18.7 Å². The molecule has 0 unspecified atom stereocenters. The summed E-state index contributed by atoms with van der Waals surface area (Å²) in [6.45, 7) is 4.94. The summed E-state index contributed by atoms with van der Waals surface area (Å²) in [5, 5.41) is 18.2. The second-order valence-corrected chi connectivity index (χ2v) is 9.55. The molecule has 0 radical (unpaired) electrons. The summed E-state index contributed by atoms with van der Waals surface area (Å²) >= 11 is 3.25. The van der Waals surface area contributed by atoms with Crippen LogP contribution in [0.5, 0.6) is 0 Å². The number of thioether (sulfide) groups is 1. The molecule has 0 aliphatic rings. The van der Waals surface area contributed by atoms with Crippen molar-refractivity contribution in [3.8, 4) is 22.2 Å². The van der Waals surface area contributed by atoms with Crippen LogP contribution in [0.4, 0.5) is 0 Å². The topological polar surface area (TPSA) is 82.5 Å². The molecule has 0 aliphatic heterocycles. The first-order valence-corrected chi connectivity index (χ1v) is 12.4. The summed E-state index contributed by atoms with van der Waals surface area (Å²) in [6, 6.07) is 16.3. The van der Waals surface area contributed by atoms with Gasteiger partial charge in [0.25, 0.3) is 5.89 Å². The van der Waals surface area contributed by atoms with E-state index in [0.29, 0.717) is 24.1 Å². The highest BCUT2D eigenvalue weighted by atomic mass is 32.2. The molecule has 0 N–H and O–H groups in total. The van der Waals surface area contributed by atoms with E-state index in [1.807, 2.05) is 30.3 Å². The summed E-state index contributed by atoms with van der Waals surface area (Å²) < 4.78 is 8.07. The Morgan fingerprint density at radius 2 is 1.82 bits per heavy atom. The molecule has 1 aromatic carbocycles. The highest BCUT2D eigenvalue weighted by Gasteiger charge is 2.17. The van der Waals surface area contributed by atoms with Crippen molar-refractivity contribution in [1.82, 2.24) is 29.9 Å². The molecule has 4 heterocycles. The van der Waals surface area contributed by atoms with E-state index in [-0.39, 0.29) is 0 Å². The molecule has 33 heavy (non-hydrogen) atoms. The van der Waals surface area contributed by atoms with Gasteiger partial charge in [0.05, 0.1) is 17.2 Å². The van der Waals surface area contributed by atoms with E-state index in [2.05, 4.69) is 62.0 Å². The average molecular weight is 475 g/mol. The van der Waals surface area contributed by atoms with Gasteiger partial charge in [-0.15, -0.1) is 31.7 Å². The van der Waals surface area contributed by atoms with E-state index < -0.39 is 0 Å². The van der Waals surface area contributed by atoms with Gasteiger partial charge < -0.3 is 4.42 Å². The molecule has 5 aromatic rings. The standard InChI is InChI=1S/C24H22N6OS2/c1-3-19-16(2)13-20(33-19)23-28-26-21(31-23)15-32-24-29-27-22(18-9-11-25-12-10-18)30(24)14-17-7-5-4-6-8-17/h4-13H,3,14-15H2,1-2H3. The largest absolute Gasteiger partial charge is 0.419 e. The Bertz CT molecular complexity index is 1340. The lowest BCUT2D eigenvalue weighted by Gasteiger charge is -2.10. The third-order valence-electron chi connectivity index (χ3n) is 5.18. The predicted octanol–water partition coefficient (Wildman–Crippen LogP) is 5.66. The maximum absolute atomic E-state index is 5.96. The number of thiophene rings is 1. The lowest BCUT2D eigenvalue weighted by Crippen LogP contribution is -2.04. The highest BCUT2D eigenvalue weighted by Crippen LogP contribution is 2.32. The van der Waals surface area contributed by atoms with Gasteiger partial charge in [-0.05, 0) is 42.7 Å². The summed E-state index contributed by atoms with van der Waals surface area (Å²) in [6.07, 6.45) is 4.53. The molecule has 0 saturated carbocycles. The van der Waals surface area contributed by atoms with E-state index in [1.54, 1.807) is 23.7 Å². The molecular formula is C24H22N6OS2. The monoisotopic (exact) mass is 474 g/mol. The Kier molecular flexibility index (Phi) is 6.32. The zero-order valence-corrected chi connectivity index (χ0v) is 19.9. The second-order valence-electron chi connectivity index (χ2n) is 7.47. The van der Waals surface area contributed by atoms with Gasteiger partial charge in [-0.1, -0.05) is 49.0 Å². The summed E-state index contributed by atoms with van der Waals surface area (Å²) in [5.41, 5.74) is 3.42. The fourth-order valence-electron chi connectivity index (χ4n) is 3.53. The van der Waals surface area contributed by atoms with Gasteiger partial charge in [0.2, 0.25) is 5.89 Å². The quantitative estimate of drug-likeness (QED) is 0.268. The third kappa shape index (κ3) is 4.74. The second kappa shape index (κ2) is 9.68. The molecule has 0 aliphatic carbocycles. The zero-order chi connectivity index (χ0) is 22.6. The fourth-order valence-corrected chi connectivity index (χ4v) is 5.34. The fraction of sp³-hybridized carbons (Fsp3) is 0.208. The third-order valence-corrected chi connectivity index (χ3v) is 7.50. The van der Waals surface area contributed by atoms with Crippen LogP contribution in [-0.4, -0.2) is 29.9 Å². The molecule has 0 bridgehead atoms. The van der Waals surface area contributed by atoms with Gasteiger partial charge in [-0.2, -0.15) is 0 Å². The van der Waals surface area contributed by atoms with Crippen molar-refractivity contribution in [3.05, 3.63) is 82.8 Å². The lowest BCUT2D eigenvalue weighted by atomic mass is 10.2. The first-order chi connectivity index (χ1) is 16.2. The average Bonchev–Trinajstić information content (AvgIpc) is 3.57. The van der Waals surface area contributed by atoms with Crippen molar-refractivity contribution in [2.45, 2.75) is 37.7 Å². The van der Waals surface area contributed by atoms with E-state index >= 15 is 0 Å². The molecule has 166 valence electrons. The summed E-state index contributed by atoms with van der Waals surface area (Å²) in [5.74, 6) is 2.46. The lowest BCUT2D eigenvalue weighted by molar-refractivity contribution is 0.529. The minimum Gasteiger partial charge on any atom is -0.419 e. The van der Waals surface area contributed by atoms with E-state index in [0.717, 1.165) is 27.8 Å². The molecule has 0 amide bonds. The first kappa shape index (κ1) is 21.5. The Morgan fingerprint density at radius 3 is 2.58 bits per heavy atom. The molecule has 5 rings (SSSR count). The van der Waals surface area contributed by atoms with Crippen molar-refractivity contribution >= 4 is 23.1 Å². The van der Waals surface area contributed by atoms with Crippen LogP contribution in [0, 0.1) is 6.92 Å².